The molecule has 5 heteroatoms. The SMILES string of the molecule is O=C(O)c1cccc2c(=O)cc(-c3ccncc3)oc12. The summed E-state index contributed by atoms with van der Waals surface area (Å²) in [6.07, 6.45) is 3.14. The normalized spacial score (nSPS) is 10.6. The van der Waals surface area contributed by atoms with E-state index in [2.05, 4.69) is 4.98 Å². The quantitative estimate of drug-likeness (QED) is 0.771. The molecule has 0 saturated carbocycles. The lowest BCUT2D eigenvalue weighted by atomic mass is 10.1. The highest BCUT2D eigenvalue weighted by molar-refractivity contribution is 6.01. The zero-order valence-corrected chi connectivity index (χ0v) is 10.2. The molecule has 0 aliphatic carbocycles. The van der Waals surface area contributed by atoms with Gasteiger partial charge in [-0.3, -0.25) is 9.78 Å². The molecule has 0 fully saturated rings. The largest absolute Gasteiger partial charge is 0.478 e. The number of pyridine rings is 1. The van der Waals surface area contributed by atoms with Crippen LogP contribution in [0.4, 0.5) is 0 Å². The van der Waals surface area contributed by atoms with Crippen LogP contribution in [-0.4, -0.2) is 16.1 Å². The first-order chi connectivity index (χ1) is 9.66. The maximum absolute atomic E-state index is 12.1. The van der Waals surface area contributed by atoms with Gasteiger partial charge in [-0.05, 0) is 24.3 Å². The molecule has 0 amide bonds. The number of aromatic nitrogens is 1. The van der Waals surface area contributed by atoms with E-state index in [1.165, 1.54) is 18.2 Å². The Kier molecular flexibility index (Phi) is 2.80. The molecular formula is C15H9NO4. The summed E-state index contributed by atoms with van der Waals surface area (Å²) >= 11 is 0. The van der Waals surface area contributed by atoms with Crippen molar-refractivity contribution >= 4 is 16.9 Å². The molecule has 0 unspecified atom stereocenters. The zero-order valence-electron chi connectivity index (χ0n) is 10.2. The Hall–Kier alpha value is -2.95. The number of rotatable bonds is 2. The first kappa shape index (κ1) is 12.1. The molecule has 2 heterocycles. The number of hydrogen-bond acceptors (Lipinski definition) is 4. The number of hydrogen-bond donors (Lipinski definition) is 1. The lowest BCUT2D eigenvalue weighted by molar-refractivity contribution is 0.0698. The number of benzene rings is 1. The summed E-state index contributed by atoms with van der Waals surface area (Å²) < 4.78 is 5.61. The highest BCUT2D eigenvalue weighted by atomic mass is 16.4. The van der Waals surface area contributed by atoms with Gasteiger partial charge in [0.05, 0.1) is 5.39 Å². The molecular weight excluding hydrogens is 258 g/mol. The third-order valence-corrected chi connectivity index (χ3v) is 2.95. The molecule has 3 aromatic rings. The van der Waals surface area contributed by atoms with Crippen LogP contribution < -0.4 is 5.43 Å². The van der Waals surface area contributed by atoms with E-state index >= 15 is 0 Å². The van der Waals surface area contributed by atoms with Gasteiger partial charge in [0.2, 0.25) is 0 Å². The smallest absolute Gasteiger partial charge is 0.339 e. The van der Waals surface area contributed by atoms with Crippen molar-refractivity contribution in [3.05, 3.63) is 64.6 Å². The first-order valence-corrected chi connectivity index (χ1v) is 5.87. The van der Waals surface area contributed by atoms with E-state index in [0.717, 1.165) is 0 Å². The summed E-state index contributed by atoms with van der Waals surface area (Å²) in [5.41, 5.74) is 0.440. The molecule has 0 saturated heterocycles. The molecule has 0 bridgehead atoms. The Balaban J connectivity index is 2.36. The Morgan fingerprint density at radius 1 is 1.15 bits per heavy atom. The fourth-order valence-electron chi connectivity index (χ4n) is 2.00. The number of aromatic carboxylic acids is 1. The minimum atomic E-state index is -1.13. The lowest BCUT2D eigenvalue weighted by Crippen LogP contribution is -2.04. The number of para-hydroxylation sites is 1. The van der Waals surface area contributed by atoms with Crippen LogP contribution in [-0.2, 0) is 0 Å². The second-order valence-corrected chi connectivity index (χ2v) is 4.20. The number of fused-ring (bicyclic) bond motifs is 1. The predicted octanol–water partition coefficient (Wildman–Crippen LogP) is 2.55. The highest BCUT2D eigenvalue weighted by Crippen LogP contribution is 2.23. The van der Waals surface area contributed by atoms with Crippen LogP contribution in [0.1, 0.15) is 10.4 Å². The summed E-state index contributed by atoms with van der Waals surface area (Å²) in [5.74, 6) is -0.816. The average molecular weight is 267 g/mol. The number of carboxylic acid groups (broad SMARTS) is 1. The van der Waals surface area contributed by atoms with Crippen molar-refractivity contribution in [2.45, 2.75) is 0 Å². The van der Waals surface area contributed by atoms with Gasteiger partial charge in [-0.15, -0.1) is 0 Å². The van der Waals surface area contributed by atoms with Gasteiger partial charge in [0.15, 0.2) is 11.0 Å². The van der Waals surface area contributed by atoms with Crippen LogP contribution in [0.2, 0.25) is 0 Å². The first-order valence-electron chi connectivity index (χ1n) is 5.87. The van der Waals surface area contributed by atoms with Gasteiger partial charge in [-0.2, -0.15) is 0 Å². The van der Waals surface area contributed by atoms with Gasteiger partial charge >= 0.3 is 5.97 Å². The second kappa shape index (κ2) is 4.62. The molecule has 20 heavy (non-hydrogen) atoms. The lowest BCUT2D eigenvalue weighted by Gasteiger charge is -2.05. The fraction of sp³-hybridized carbons (Fsp3) is 0. The van der Waals surface area contributed by atoms with Crippen molar-refractivity contribution in [1.29, 1.82) is 0 Å². The van der Waals surface area contributed by atoms with E-state index in [9.17, 15) is 9.59 Å². The Labute approximate surface area is 113 Å². The topological polar surface area (TPSA) is 80.4 Å². The van der Waals surface area contributed by atoms with Crippen LogP contribution in [0.3, 0.4) is 0 Å². The predicted molar refractivity (Wildman–Crippen MR) is 72.7 cm³/mol. The highest BCUT2D eigenvalue weighted by Gasteiger charge is 2.14. The Morgan fingerprint density at radius 3 is 2.60 bits per heavy atom. The molecule has 0 radical (unpaired) electrons. The zero-order chi connectivity index (χ0) is 14.1. The molecule has 98 valence electrons. The summed E-state index contributed by atoms with van der Waals surface area (Å²) in [5, 5.41) is 9.42. The van der Waals surface area contributed by atoms with Crippen molar-refractivity contribution in [2.75, 3.05) is 0 Å². The van der Waals surface area contributed by atoms with E-state index < -0.39 is 5.97 Å². The van der Waals surface area contributed by atoms with Crippen molar-refractivity contribution in [3.63, 3.8) is 0 Å². The molecule has 2 aromatic heterocycles. The van der Waals surface area contributed by atoms with Gasteiger partial charge in [0, 0.05) is 24.0 Å². The van der Waals surface area contributed by atoms with E-state index in [1.807, 2.05) is 0 Å². The number of carbonyl (C=O) groups is 1. The van der Waals surface area contributed by atoms with Crippen LogP contribution >= 0.6 is 0 Å². The van der Waals surface area contributed by atoms with Gasteiger partial charge in [0.1, 0.15) is 11.3 Å². The van der Waals surface area contributed by atoms with Crippen molar-refractivity contribution < 1.29 is 14.3 Å². The van der Waals surface area contributed by atoms with E-state index in [4.69, 9.17) is 9.52 Å². The van der Waals surface area contributed by atoms with E-state index in [0.29, 0.717) is 11.3 Å². The molecule has 5 nitrogen and oxygen atoms in total. The van der Waals surface area contributed by atoms with E-state index in [1.54, 1.807) is 30.6 Å². The monoisotopic (exact) mass is 267 g/mol. The Bertz CT molecular complexity index is 853. The summed E-state index contributed by atoms with van der Waals surface area (Å²) in [6.45, 7) is 0. The second-order valence-electron chi connectivity index (χ2n) is 4.20. The minimum absolute atomic E-state index is 0.0319. The maximum Gasteiger partial charge on any atom is 0.339 e. The maximum atomic E-state index is 12.1. The molecule has 0 atom stereocenters. The van der Waals surface area contributed by atoms with Crippen LogP contribution in [0.5, 0.6) is 0 Å². The van der Waals surface area contributed by atoms with Crippen molar-refractivity contribution in [2.24, 2.45) is 0 Å². The third-order valence-electron chi connectivity index (χ3n) is 2.95. The van der Waals surface area contributed by atoms with Crippen molar-refractivity contribution in [1.82, 2.24) is 4.98 Å². The Morgan fingerprint density at radius 2 is 1.90 bits per heavy atom. The van der Waals surface area contributed by atoms with Crippen LogP contribution in [0, 0.1) is 0 Å². The van der Waals surface area contributed by atoms with Crippen LogP contribution in [0.25, 0.3) is 22.3 Å². The third kappa shape index (κ3) is 1.95. The summed E-state index contributed by atoms with van der Waals surface area (Å²) in [6, 6.07) is 9.20. The molecule has 1 N–H and O–H groups in total. The summed E-state index contributed by atoms with van der Waals surface area (Å²) in [4.78, 5) is 27.2. The summed E-state index contributed by atoms with van der Waals surface area (Å²) in [7, 11) is 0. The molecule has 3 rings (SSSR count). The standard InChI is InChI=1S/C15H9NO4/c17-12-8-13(9-4-6-16-7-5-9)20-14-10(12)2-1-3-11(14)15(18)19/h1-8H,(H,18,19). The fourth-order valence-corrected chi connectivity index (χ4v) is 2.00. The molecule has 0 aliphatic heterocycles. The van der Waals surface area contributed by atoms with Gasteiger partial charge in [0.25, 0.3) is 0 Å². The number of carboxylic acids is 1. The van der Waals surface area contributed by atoms with E-state index in [-0.39, 0.29) is 22.0 Å². The molecule has 0 aliphatic rings. The van der Waals surface area contributed by atoms with Gasteiger partial charge in [-0.25, -0.2) is 4.79 Å². The average Bonchev–Trinajstić information content (AvgIpc) is 2.47. The number of nitrogens with zero attached hydrogens (tertiary/aromatic N) is 1. The van der Waals surface area contributed by atoms with Gasteiger partial charge < -0.3 is 9.52 Å². The molecule has 0 spiro atoms. The van der Waals surface area contributed by atoms with Crippen LogP contribution in [0.15, 0.2) is 58.0 Å². The minimum Gasteiger partial charge on any atom is -0.478 e. The van der Waals surface area contributed by atoms with Gasteiger partial charge in [-0.1, -0.05) is 6.07 Å². The molecule has 1 aromatic carbocycles. The van der Waals surface area contributed by atoms with Crippen molar-refractivity contribution in [3.8, 4) is 11.3 Å².